The molecule has 2 atom stereocenters. The van der Waals surface area contributed by atoms with E-state index in [9.17, 15) is 17.1 Å². The van der Waals surface area contributed by atoms with Crippen LogP contribution in [0.15, 0.2) is 0 Å². The van der Waals surface area contributed by atoms with Crippen LogP contribution in [-0.4, -0.2) is 56.6 Å². The quantitative estimate of drug-likeness (QED) is 0.722. The monoisotopic (exact) mass is 337 g/mol. The zero-order valence-electron chi connectivity index (χ0n) is 13.3. The molecule has 1 amide bonds. The smallest absolute Gasteiger partial charge is 0.410 e. The second-order valence-electron chi connectivity index (χ2n) is 7.18. The zero-order chi connectivity index (χ0) is 16.6. The van der Waals surface area contributed by atoms with Crippen LogP contribution in [0.25, 0.3) is 0 Å². The second kappa shape index (κ2) is 5.96. The zero-order valence-corrected chi connectivity index (χ0v) is 14.1. The molecule has 0 radical (unpaired) electrons. The van der Waals surface area contributed by atoms with E-state index in [1.807, 2.05) is 0 Å². The third-order valence-corrected chi connectivity index (χ3v) is 4.91. The standard InChI is InChI=1S/C14H24FNO5S/c1-13(2,3)21-12(17)16-7-4-5-14(10-16)6-8-20-11(14)9-22(15,18)19/h11H,4-10H2,1-3H3. The van der Waals surface area contributed by atoms with E-state index in [4.69, 9.17) is 9.47 Å². The van der Waals surface area contributed by atoms with Gasteiger partial charge in [-0.05, 0) is 40.0 Å². The highest BCUT2D eigenvalue weighted by molar-refractivity contribution is 7.86. The van der Waals surface area contributed by atoms with E-state index >= 15 is 0 Å². The highest BCUT2D eigenvalue weighted by Crippen LogP contribution is 2.43. The number of ether oxygens (including phenoxy) is 2. The third-order valence-electron chi connectivity index (χ3n) is 4.21. The second-order valence-corrected chi connectivity index (χ2v) is 8.59. The van der Waals surface area contributed by atoms with Crippen molar-refractivity contribution >= 4 is 16.3 Å². The molecule has 0 bridgehead atoms. The number of halogens is 1. The van der Waals surface area contributed by atoms with Crippen LogP contribution in [0.5, 0.6) is 0 Å². The first-order chi connectivity index (χ1) is 10.0. The van der Waals surface area contributed by atoms with Gasteiger partial charge in [0.2, 0.25) is 0 Å². The van der Waals surface area contributed by atoms with E-state index in [2.05, 4.69) is 0 Å². The Morgan fingerprint density at radius 2 is 2.09 bits per heavy atom. The number of piperidine rings is 1. The van der Waals surface area contributed by atoms with Gasteiger partial charge in [-0.15, -0.1) is 3.89 Å². The van der Waals surface area contributed by atoms with Crippen LogP contribution in [0.3, 0.4) is 0 Å². The van der Waals surface area contributed by atoms with Crippen molar-refractivity contribution in [3.8, 4) is 0 Å². The molecule has 0 aromatic heterocycles. The number of hydrogen-bond acceptors (Lipinski definition) is 5. The number of amides is 1. The number of nitrogens with zero attached hydrogens (tertiary/aromatic N) is 1. The van der Waals surface area contributed by atoms with Gasteiger partial charge >= 0.3 is 16.3 Å². The summed E-state index contributed by atoms with van der Waals surface area (Å²) in [5, 5.41) is 0. The fourth-order valence-electron chi connectivity index (χ4n) is 3.26. The molecule has 0 saturated carbocycles. The molecule has 2 heterocycles. The summed E-state index contributed by atoms with van der Waals surface area (Å²) >= 11 is 0. The molecule has 8 heteroatoms. The van der Waals surface area contributed by atoms with Crippen LogP contribution in [0.1, 0.15) is 40.0 Å². The van der Waals surface area contributed by atoms with Crippen molar-refractivity contribution in [3.63, 3.8) is 0 Å². The summed E-state index contributed by atoms with van der Waals surface area (Å²) in [7, 11) is -4.61. The molecule has 0 N–H and O–H groups in total. The minimum absolute atomic E-state index is 0.349. The van der Waals surface area contributed by atoms with Crippen LogP contribution in [0.4, 0.5) is 8.68 Å². The Morgan fingerprint density at radius 3 is 2.68 bits per heavy atom. The van der Waals surface area contributed by atoms with Gasteiger partial charge in [0, 0.05) is 25.1 Å². The molecular formula is C14H24FNO5S. The fourth-order valence-corrected chi connectivity index (χ4v) is 4.07. The van der Waals surface area contributed by atoms with Gasteiger partial charge in [-0.2, -0.15) is 8.42 Å². The molecule has 2 aliphatic heterocycles. The van der Waals surface area contributed by atoms with E-state index in [0.29, 0.717) is 26.1 Å². The third kappa shape index (κ3) is 4.32. The highest BCUT2D eigenvalue weighted by atomic mass is 32.3. The lowest BCUT2D eigenvalue weighted by atomic mass is 9.75. The normalized spacial score (nSPS) is 29.8. The summed E-state index contributed by atoms with van der Waals surface area (Å²) < 4.78 is 45.8. The van der Waals surface area contributed by atoms with E-state index in [1.165, 1.54) is 0 Å². The molecule has 2 aliphatic rings. The van der Waals surface area contributed by atoms with Crippen LogP contribution < -0.4 is 0 Å². The molecule has 6 nitrogen and oxygen atoms in total. The molecule has 1 spiro atoms. The van der Waals surface area contributed by atoms with E-state index in [1.54, 1.807) is 25.7 Å². The Kier molecular flexibility index (Phi) is 4.73. The molecule has 2 fully saturated rings. The van der Waals surface area contributed by atoms with E-state index < -0.39 is 39.2 Å². The van der Waals surface area contributed by atoms with Crippen molar-refractivity contribution in [2.45, 2.75) is 51.7 Å². The Hall–Kier alpha value is -0.890. The summed E-state index contributed by atoms with van der Waals surface area (Å²) in [6, 6.07) is 0. The van der Waals surface area contributed by atoms with Crippen LogP contribution in [0, 0.1) is 5.41 Å². The number of carbonyl (C=O) groups excluding carboxylic acids is 1. The van der Waals surface area contributed by atoms with Crippen molar-refractivity contribution < 1.29 is 26.6 Å². The maximum Gasteiger partial charge on any atom is 0.410 e. The predicted molar refractivity (Wildman–Crippen MR) is 78.7 cm³/mol. The van der Waals surface area contributed by atoms with Gasteiger partial charge in [0.15, 0.2) is 0 Å². The molecule has 0 aromatic rings. The van der Waals surface area contributed by atoms with Crippen molar-refractivity contribution in [1.82, 2.24) is 4.90 Å². The lowest BCUT2D eigenvalue weighted by Gasteiger charge is -2.42. The van der Waals surface area contributed by atoms with Crippen LogP contribution >= 0.6 is 0 Å². The molecule has 2 unspecified atom stereocenters. The van der Waals surface area contributed by atoms with Gasteiger partial charge in [-0.25, -0.2) is 4.79 Å². The van der Waals surface area contributed by atoms with E-state index in [0.717, 1.165) is 12.8 Å². The highest BCUT2D eigenvalue weighted by Gasteiger charge is 2.49. The topological polar surface area (TPSA) is 72.9 Å². The molecular weight excluding hydrogens is 313 g/mol. The van der Waals surface area contributed by atoms with Gasteiger partial charge in [0.1, 0.15) is 11.4 Å². The van der Waals surface area contributed by atoms with Gasteiger partial charge in [0.25, 0.3) is 0 Å². The Balaban J connectivity index is 2.10. The molecule has 2 rings (SSSR count). The summed E-state index contributed by atoms with van der Waals surface area (Å²) in [5.74, 6) is -0.644. The SMILES string of the molecule is CC(C)(C)OC(=O)N1CCCC2(CCOC2CS(=O)(=O)F)C1. The van der Waals surface area contributed by atoms with E-state index in [-0.39, 0.29) is 0 Å². The van der Waals surface area contributed by atoms with Crippen molar-refractivity contribution in [2.24, 2.45) is 5.41 Å². The van der Waals surface area contributed by atoms with Crippen molar-refractivity contribution in [3.05, 3.63) is 0 Å². The molecule has 0 aliphatic carbocycles. The maximum atomic E-state index is 13.0. The fraction of sp³-hybridized carbons (Fsp3) is 0.929. The van der Waals surface area contributed by atoms with Gasteiger partial charge < -0.3 is 14.4 Å². The molecule has 22 heavy (non-hydrogen) atoms. The predicted octanol–water partition coefficient (Wildman–Crippen LogP) is 2.09. The Labute approximate surface area is 131 Å². The maximum absolute atomic E-state index is 13.0. The minimum atomic E-state index is -4.61. The summed E-state index contributed by atoms with van der Waals surface area (Å²) in [4.78, 5) is 13.8. The van der Waals surface area contributed by atoms with Gasteiger partial charge in [0.05, 0.1) is 6.10 Å². The molecule has 2 saturated heterocycles. The van der Waals surface area contributed by atoms with Crippen LogP contribution in [0.2, 0.25) is 0 Å². The minimum Gasteiger partial charge on any atom is -0.444 e. The lowest BCUT2D eigenvalue weighted by Crippen LogP contribution is -2.52. The first-order valence-corrected chi connectivity index (χ1v) is 9.08. The summed E-state index contributed by atoms with van der Waals surface area (Å²) in [6.07, 6.45) is 0.970. The van der Waals surface area contributed by atoms with Crippen LogP contribution in [-0.2, 0) is 19.7 Å². The first-order valence-electron chi connectivity index (χ1n) is 7.53. The Bertz CT molecular complexity index is 530. The largest absolute Gasteiger partial charge is 0.444 e. The van der Waals surface area contributed by atoms with Gasteiger partial charge in [-0.3, -0.25) is 0 Å². The number of likely N-dealkylation sites (tertiary alicyclic amines) is 1. The number of rotatable bonds is 2. The molecule has 128 valence electrons. The van der Waals surface area contributed by atoms with Crippen molar-refractivity contribution in [1.29, 1.82) is 0 Å². The summed E-state index contributed by atoms with van der Waals surface area (Å²) in [5.41, 5.74) is -1.08. The van der Waals surface area contributed by atoms with Gasteiger partial charge in [-0.1, -0.05) is 0 Å². The van der Waals surface area contributed by atoms with Crippen molar-refractivity contribution in [2.75, 3.05) is 25.4 Å². The average molecular weight is 337 g/mol. The first kappa shape index (κ1) is 17.5. The number of carbonyl (C=O) groups is 1. The average Bonchev–Trinajstić information content (AvgIpc) is 2.68. The number of hydrogen-bond donors (Lipinski definition) is 0. The summed E-state index contributed by atoms with van der Waals surface area (Å²) in [6.45, 7) is 6.68. The Morgan fingerprint density at radius 1 is 1.41 bits per heavy atom. The molecule has 0 aromatic carbocycles. The lowest BCUT2D eigenvalue weighted by molar-refractivity contribution is -0.0136.